The Labute approximate surface area is 177 Å². The molecule has 2 aliphatic rings. The summed E-state index contributed by atoms with van der Waals surface area (Å²) in [5.41, 5.74) is 3.03. The summed E-state index contributed by atoms with van der Waals surface area (Å²) in [5, 5.41) is 10.4. The first-order valence-corrected chi connectivity index (χ1v) is 10.9. The zero-order valence-electron chi connectivity index (χ0n) is 18.4. The number of amides is 1. The van der Waals surface area contributed by atoms with Crippen molar-refractivity contribution in [1.82, 2.24) is 14.5 Å². The summed E-state index contributed by atoms with van der Waals surface area (Å²) < 4.78 is 1.79. The molecule has 1 aromatic heterocycles. The Balaban J connectivity index is 1.86. The van der Waals surface area contributed by atoms with E-state index in [1.807, 2.05) is 6.92 Å². The molecule has 1 atom stereocenters. The first kappa shape index (κ1) is 20.6. The highest BCUT2D eigenvalue weighted by Crippen LogP contribution is 2.43. The molecule has 1 N–H and O–H groups in total. The second-order valence-electron chi connectivity index (χ2n) is 9.30. The van der Waals surface area contributed by atoms with Gasteiger partial charge >= 0.3 is 5.56 Å². The Morgan fingerprint density at radius 3 is 2.37 bits per heavy atom. The fraction of sp³-hybridized carbons (Fsp3) is 0.542. The second-order valence-corrected chi connectivity index (χ2v) is 9.30. The van der Waals surface area contributed by atoms with Crippen LogP contribution in [0.1, 0.15) is 72.0 Å². The number of aromatic nitrogens is 2. The molecular formula is C24H31N3O3. The molecule has 30 heavy (non-hydrogen) atoms. The lowest BCUT2D eigenvalue weighted by atomic mass is 9.66. The van der Waals surface area contributed by atoms with Crippen LogP contribution in [0.4, 0.5) is 0 Å². The summed E-state index contributed by atoms with van der Waals surface area (Å²) in [4.78, 5) is 31.2. The van der Waals surface area contributed by atoms with Crippen LogP contribution < -0.4 is 5.56 Å². The molecule has 0 radical (unpaired) electrons. The van der Waals surface area contributed by atoms with Crippen LogP contribution in [0.15, 0.2) is 23.0 Å². The van der Waals surface area contributed by atoms with E-state index in [0.717, 1.165) is 25.7 Å². The number of aryl methyl sites for hydroxylation is 2. The van der Waals surface area contributed by atoms with Crippen LogP contribution in [0.3, 0.4) is 0 Å². The fourth-order valence-corrected chi connectivity index (χ4v) is 5.27. The summed E-state index contributed by atoms with van der Waals surface area (Å²) in [6.45, 7) is 6.74. The van der Waals surface area contributed by atoms with Crippen LogP contribution in [-0.4, -0.2) is 38.6 Å². The van der Waals surface area contributed by atoms with Gasteiger partial charge in [0.25, 0.3) is 5.91 Å². The summed E-state index contributed by atoms with van der Waals surface area (Å²) in [6.07, 6.45) is 6.16. The number of rotatable bonds is 3. The number of benzene rings is 1. The largest absolute Gasteiger partial charge is 0.501 e. The number of carbonyl (C=O) groups excluding carboxylic acids is 1. The quantitative estimate of drug-likeness (QED) is 0.842. The van der Waals surface area contributed by atoms with Gasteiger partial charge in [0.05, 0.1) is 0 Å². The maximum absolute atomic E-state index is 12.9. The number of hydrogen-bond acceptors (Lipinski definition) is 4. The van der Waals surface area contributed by atoms with Crippen molar-refractivity contribution in [2.75, 3.05) is 7.05 Å². The highest BCUT2D eigenvalue weighted by Gasteiger charge is 2.38. The van der Waals surface area contributed by atoms with E-state index in [-0.39, 0.29) is 23.1 Å². The zero-order chi connectivity index (χ0) is 21.6. The van der Waals surface area contributed by atoms with Crippen LogP contribution in [0.5, 0.6) is 5.75 Å². The second kappa shape index (κ2) is 7.56. The summed E-state index contributed by atoms with van der Waals surface area (Å²) in [7, 11) is 1.71. The van der Waals surface area contributed by atoms with Gasteiger partial charge < -0.3 is 14.6 Å². The minimum atomic E-state index is -0.709. The van der Waals surface area contributed by atoms with Crippen molar-refractivity contribution in [2.45, 2.75) is 77.3 Å². The number of nitrogens with zero attached hydrogens (tertiary/aromatic N) is 3. The molecule has 2 aromatic rings. The normalized spacial score (nSPS) is 20.9. The monoisotopic (exact) mass is 409 g/mol. The van der Waals surface area contributed by atoms with Crippen molar-refractivity contribution in [3.05, 3.63) is 56.8 Å². The van der Waals surface area contributed by atoms with Gasteiger partial charge in [-0.2, -0.15) is 4.98 Å². The minimum absolute atomic E-state index is 0.0315. The maximum atomic E-state index is 12.9. The molecule has 1 amide bonds. The van der Waals surface area contributed by atoms with Crippen molar-refractivity contribution in [2.24, 2.45) is 0 Å². The molecular weight excluding hydrogens is 378 g/mol. The lowest BCUT2D eigenvalue weighted by Gasteiger charge is -2.40. The Morgan fingerprint density at radius 1 is 1.10 bits per heavy atom. The van der Waals surface area contributed by atoms with Gasteiger partial charge in [-0.25, -0.2) is 0 Å². The maximum Gasteiger partial charge on any atom is 0.315 e. The Hall–Kier alpha value is -2.63. The molecule has 0 unspecified atom stereocenters. The Bertz CT molecular complexity index is 1030. The van der Waals surface area contributed by atoms with E-state index >= 15 is 0 Å². The van der Waals surface area contributed by atoms with Gasteiger partial charge in [0.15, 0.2) is 5.69 Å². The van der Waals surface area contributed by atoms with Gasteiger partial charge in [0.2, 0.25) is 5.75 Å². The van der Waals surface area contributed by atoms with Crippen molar-refractivity contribution in [3.8, 4) is 5.75 Å². The third-order valence-electron chi connectivity index (χ3n) is 7.01. The van der Waals surface area contributed by atoms with E-state index in [0.29, 0.717) is 18.8 Å². The molecule has 0 spiro atoms. The van der Waals surface area contributed by atoms with Crippen molar-refractivity contribution >= 4 is 5.91 Å². The van der Waals surface area contributed by atoms with E-state index in [1.165, 1.54) is 23.1 Å². The number of likely N-dealkylation sites (N-methyl/N-ethyl adjacent to an activating group) is 1. The zero-order valence-corrected chi connectivity index (χ0v) is 18.4. The predicted octanol–water partition coefficient (Wildman–Crippen LogP) is 3.48. The summed E-state index contributed by atoms with van der Waals surface area (Å²) >= 11 is 0. The molecule has 6 heteroatoms. The van der Waals surface area contributed by atoms with Crippen molar-refractivity contribution < 1.29 is 9.90 Å². The molecule has 1 aliphatic heterocycles. The lowest BCUT2D eigenvalue weighted by molar-refractivity contribution is 0.0660. The van der Waals surface area contributed by atoms with E-state index in [9.17, 15) is 14.7 Å². The van der Waals surface area contributed by atoms with Gasteiger partial charge in [0.1, 0.15) is 5.82 Å². The van der Waals surface area contributed by atoms with Crippen LogP contribution in [0.25, 0.3) is 0 Å². The molecule has 2 heterocycles. The van der Waals surface area contributed by atoms with E-state index in [2.05, 4.69) is 37.0 Å². The highest BCUT2D eigenvalue weighted by atomic mass is 16.3. The van der Waals surface area contributed by atoms with Gasteiger partial charge in [-0.15, -0.1) is 0 Å². The number of carbonyl (C=O) groups is 1. The molecule has 0 bridgehead atoms. The van der Waals surface area contributed by atoms with Crippen LogP contribution in [0.2, 0.25) is 0 Å². The van der Waals surface area contributed by atoms with E-state index in [1.54, 1.807) is 16.5 Å². The Morgan fingerprint density at radius 2 is 1.73 bits per heavy atom. The van der Waals surface area contributed by atoms with Crippen LogP contribution in [-0.2, 0) is 18.4 Å². The van der Waals surface area contributed by atoms with Crippen molar-refractivity contribution in [1.29, 1.82) is 0 Å². The average molecular weight is 410 g/mol. The molecule has 1 aromatic carbocycles. The SMILES string of the molecule is Cc1cc(C)cc(C2(Cc3nc(=O)c(O)c4n3C[C@H](C)N(C)C4=O)CCCCC2)c1. The highest BCUT2D eigenvalue weighted by molar-refractivity contribution is 5.95. The summed E-state index contributed by atoms with van der Waals surface area (Å²) in [6, 6.07) is 6.67. The van der Waals surface area contributed by atoms with Crippen molar-refractivity contribution in [3.63, 3.8) is 0 Å². The van der Waals surface area contributed by atoms with Gasteiger partial charge in [0, 0.05) is 31.5 Å². The van der Waals surface area contributed by atoms with Crippen LogP contribution in [0, 0.1) is 13.8 Å². The van der Waals surface area contributed by atoms with E-state index in [4.69, 9.17) is 0 Å². The van der Waals surface area contributed by atoms with Gasteiger partial charge in [-0.05, 0) is 39.2 Å². The number of aromatic hydroxyl groups is 1. The number of fused-ring (bicyclic) bond motifs is 1. The Kier molecular flexibility index (Phi) is 5.20. The molecule has 1 aliphatic carbocycles. The third kappa shape index (κ3) is 3.42. The number of hydrogen-bond donors (Lipinski definition) is 1. The summed E-state index contributed by atoms with van der Waals surface area (Å²) in [5.74, 6) is -0.246. The first-order chi connectivity index (χ1) is 14.2. The smallest absolute Gasteiger partial charge is 0.315 e. The van der Waals surface area contributed by atoms with E-state index < -0.39 is 11.3 Å². The first-order valence-electron chi connectivity index (χ1n) is 10.9. The molecule has 6 nitrogen and oxygen atoms in total. The molecule has 4 rings (SSSR count). The van der Waals surface area contributed by atoms with Gasteiger partial charge in [-0.1, -0.05) is 48.6 Å². The fourth-order valence-electron chi connectivity index (χ4n) is 5.27. The third-order valence-corrected chi connectivity index (χ3v) is 7.01. The molecule has 160 valence electrons. The standard InChI is InChI=1S/C24H31N3O3/c1-15-10-16(2)12-18(11-15)24(8-6-5-7-9-24)13-19-25-22(29)21(28)20-23(30)26(4)17(3)14-27(19)20/h10-12,17,28H,5-9,13-14H2,1-4H3/t17-/m0/s1. The van der Waals surface area contributed by atoms with Gasteiger partial charge in [-0.3, -0.25) is 9.59 Å². The molecule has 0 saturated heterocycles. The minimum Gasteiger partial charge on any atom is -0.501 e. The van der Waals surface area contributed by atoms with Crippen LogP contribution >= 0.6 is 0 Å². The average Bonchev–Trinajstić information content (AvgIpc) is 2.70. The predicted molar refractivity (Wildman–Crippen MR) is 116 cm³/mol. The lowest BCUT2D eigenvalue weighted by Crippen LogP contribution is -2.47. The molecule has 1 saturated carbocycles. The molecule has 1 fully saturated rings. The topological polar surface area (TPSA) is 75.4 Å².